The van der Waals surface area contributed by atoms with Gasteiger partial charge in [-0.3, -0.25) is 0 Å². The summed E-state index contributed by atoms with van der Waals surface area (Å²) in [6, 6.07) is 0.625. The van der Waals surface area contributed by atoms with E-state index in [2.05, 4.69) is 24.2 Å². The van der Waals surface area contributed by atoms with E-state index in [1.807, 2.05) is 0 Å². The third-order valence-corrected chi connectivity index (χ3v) is 1.45. The second-order valence-electron chi connectivity index (χ2n) is 2.35. The van der Waals surface area contributed by atoms with E-state index in [1.165, 1.54) is 19.4 Å². The molecule has 1 aliphatic heterocycles. The Hall–Kier alpha value is 1.11. The second kappa shape index (κ2) is 6.55. The Balaban J connectivity index is 0.000000217. The minimum absolute atomic E-state index is 0.625. The van der Waals surface area contributed by atoms with Crippen LogP contribution in [0.4, 0.5) is 0 Å². The summed E-state index contributed by atoms with van der Waals surface area (Å²) >= 11 is -4.00. The van der Waals surface area contributed by atoms with Gasteiger partial charge in [0.05, 0.1) is 0 Å². The van der Waals surface area contributed by atoms with Gasteiger partial charge >= 0.3 is 41.1 Å². The molecule has 1 fully saturated rings. The van der Waals surface area contributed by atoms with Crippen LogP contribution in [0.1, 0.15) is 12.8 Å². The molecule has 1 atom stereocenters. The number of halogens is 2. The number of rotatable bonds is 1. The molecule has 0 aliphatic carbocycles. The normalized spacial score (nSPS) is 24.6. The summed E-state index contributed by atoms with van der Waals surface area (Å²) in [4.78, 5) is 0. The maximum atomic E-state index is 7.79. The molecule has 7 heteroatoms. The predicted molar refractivity (Wildman–Crippen MR) is 46.2 cm³/mol. The van der Waals surface area contributed by atoms with Crippen LogP contribution in [0.25, 0.3) is 0 Å². The van der Waals surface area contributed by atoms with Crippen molar-refractivity contribution in [2.75, 3.05) is 13.1 Å². The fraction of sp³-hybridized carbons (Fsp3) is 1.00. The van der Waals surface area contributed by atoms with E-state index in [4.69, 9.17) is 13.3 Å². The van der Waals surface area contributed by atoms with E-state index in [-0.39, 0.29) is 0 Å². The Morgan fingerprint density at radius 1 is 1.50 bits per heavy atom. The molecule has 80 valence electrons. The molecular weight excluding hydrogens is 386 g/mol. The summed E-state index contributed by atoms with van der Waals surface area (Å²) in [5.41, 5.74) is 5.37. The molecule has 5 N–H and O–H groups in total. The standard InChI is InChI=1S/C5H12N2.2ClH.2H2O.Pt/c6-4-5-2-1-3-7-5;;;;;/h5,7H,1-4,6H2;2*1H;2*1H2;/q;;;;;+4/p-4. The van der Waals surface area contributed by atoms with Crippen LogP contribution in [0.3, 0.4) is 0 Å². The summed E-state index contributed by atoms with van der Waals surface area (Å²) in [5, 5.41) is 3.28. The predicted octanol–water partition coefficient (Wildman–Crippen LogP) is -0.0404. The monoisotopic (exact) mass is 399 g/mol. The first-order chi connectivity index (χ1) is 5.43. The first-order valence-electron chi connectivity index (χ1n) is 3.39. The first kappa shape index (κ1) is 13.1. The van der Waals surface area contributed by atoms with E-state index < -0.39 is 14.7 Å². The Kier molecular flexibility index (Phi) is 7.15. The van der Waals surface area contributed by atoms with Crippen molar-refractivity contribution < 1.29 is 22.3 Å². The van der Waals surface area contributed by atoms with Crippen LogP contribution in [0.5, 0.6) is 0 Å². The van der Waals surface area contributed by atoms with Crippen LogP contribution in [0.15, 0.2) is 0 Å². The zero-order valence-electron chi connectivity index (χ0n) is 6.45. The van der Waals surface area contributed by atoms with Gasteiger partial charge in [0.15, 0.2) is 0 Å². The first-order valence-corrected chi connectivity index (χ1v) is 11.1. The summed E-state index contributed by atoms with van der Waals surface area (Å²) in [7, 11) is 9.17. The van der Waals surface area contributed by atoms with E-state index >= 15 is 0 Å². The fourth-order valence-electron chi connectivity index (χ4n) is 0.958. The van der Waals surface area contributed by atoms with Crippen molar-refractivity contribution in [3.63, 3.8) is 0 Å². The van der Waals surface area contributed by atoms with Crippen LogP contribution in [-0.4, -0.2) is 26.7 Å². The van der Waals surface area contributed by atoms with Gasteiger partial charge in [-0.15, -0.1) is 0 Å². The molecule has 4 nitrogen and oxygen atoms in total. The molecule has 0 saturated carbocycles. The maximum absolute atomic E-state index is 7.79. The van der Waals surface area contributed by atoms with Crippen molar-refractivity contribution in [1.82, 2.24) is 5.32 Å². The second-order valence-corrected chi connectivity index (χ2v) is 11.1. The van der Waals surface area contributed by atoms with Crippen molar-refractivity contribution >= 4 is 18.8 Å². The Bertz CT molecular complexity index is 111. The Morgan fingerprint density at radius 2 is 2.00 bits per heavy atom. The van der Waals surface area contributed by atoms with E-state index in [1.54, 1.807) is 0 Å². The molecule has 1 heterocycles. The molecule has 1 aliphatic rings. The van der Waals surface area contributed by atoms with Gasteiger partial charge in [-0.05, 0) is 19.4 Å². The van der Waals surface area contributed by atoms with Gasteiger partial charge in [0.1, 0.15) is 0 Å². The topological polar surface area (TPSA) is 78.5 Å². The van der Waals surface area contributed by atoms with Crippen LogP contribution in [0, 0.1) is 0 Å². The molecular formula is C5H14Cl2N2O2Pt. The fourth-order valence-corrected chi connectivity index (χ4v) is 0.958. The summed E-state index contributed by atoms with van der Waals surface area (Å²) in [6.45, 7) is 1.97. The number of hydrogen-bond acceptors (Lipinski definition) is 4. The molecule has 0 aromatic rings. The molecule has 1 unspecified atom stereocenters. The van der Waals surface area contributed by atoms with Crippen LogP contribution in [-0.2, 0) is 14.7 Å². The van der Waals surface area contributed by atoms with Crippen LogP contribution in [0.2, 0.25) is 0 Å². The van der Waals surface area contributed by atoms with Gasteiger partial charge in [0, 0.05) is 12.6 Å². The third kappa shape index (κ3) is 11.1. The van der Waals surface area contributed by atoms with Crippen molar-refractivity contribution in [2.24, 2.45) is 5.73 Å². The molecule has 12 heavy (non-hydrogen) atoms. The van der Waals surface area contributed by atoms with Gasteiger partial charge in [0.25, 0.3) is 0 Å². The van der Waals surface area contributed by atoms with Gasteiger partial charge in [-0.1, -0.05) is 0 Å². The third-order valence-electron chi connectivity index (χ3n) is 1.45. The van der Waals surface area contributed by atoms with Gasteiger partial charge in [-0.2, -0.15) is 0 Å². The molecule has 0 bridgehead atoms. The van der Waals surface area contributed by atoms with E-state index in [9.17, 15) is 0 Å². The van der Waals surface area contributed by atoms with Gasteiger partial charge in [-0.25, -0.2) is 0 Å². The van der Waals surface area contributed by atoms with Gasteiger partial charge < -0.3 is 11.1 Å². The van der Waals surface area contributed by atoms with Crippen LogP contribution < -0.4 is 11.1 Å². The zero-order chi connectivity index (χ0) is 9.61. The Morgan fingerprint density at radius 3 is 2.17 bits per heavy atom. The summed E-state index contributed by atoms with van der Waals surface area (Å²) in [6.07, 6.45) is 2.58. The molecule has 0 spiro atoms. The molecule has 1 rings (SSSR count). The Labute approximate surface area is 84.0 Å². The molecule has 0 radical (unpaired) electrons. The average Bonchev–Trinajstić information content (AvgIpc) is 2.33. The van der Waals surface area contributed by atoms with E-state index in [0.29, 0.717) is 6.04 Å². The zero-order valence-corrected chi connectivity index (χ0v) is 10.2. The van der Waals surface area contributed by atoms with Crippen molar-refractivity contribution in [3.8, 4) is 0 Å². The van der Waals surface area contributed by atoms with Crippen LogP contribution >= 0.6 is 18.8 Å². The van der Waals surface area contributed by atoms with Crippen molar-refractivity contribution in [2.45, 2.75) is 18.9 Å². The van der Waals surface area contributed by atoms with Crippen molar-refractivity contribution in [1.29, 1.82) is 0 Å². The summed E-state index contributed by atoms with van der Waals surface area (Å²) < 4.78 is 15.6. The molecule has 0 aromatic carbocycles. The summed E-state index contributed by atoms with van der Waals surface area (Å²) in [5.74, 6) is 0. The molecule has 0 amide bonds. The van der Waals surface area contributed by atoms with Gasteiger partial charge in [0.2, 0.25) is 0 Å². The number of nitrogens with two attached hydrogens (primary N) is 1. The SMILES string of the molecule is NCC1CCCN1.[OH][Pt]([OH])([Cl])[Cl]. The quantitative estimate of drug-likeness (QED) is 0.499. The molecule has 0 aromatic heterocycles. The number of nitrogens with one attached hydrogen (secondary N) is 1. The molecule has 1 saturated heterocycles. The van der Waals surface area contributed by atoms with E-state index in [0.717, 1.165) is 6.54 Å². The number of hydrogen-bond donors (Lipinski definition) is 4. The minimum atomic E-state index is -4.00. The van der Waals surface area contributed by atoms with Crippen molar-refractivity contribution in [3.05, 3.63) is 0 Å². The average molecular weight is 400 g/mol.